The molecule has 20 heavy (non-hydrogen) atoms. The van der Waals surface area contributed by atoms with E-state index in [1.165, 1.54) is 12.1 Å². The summed E-state index contributed by atoms with van der Waals surface area (Å²) in [5, 5.41) is 12.2. The Balaban J connectivity index is 1.98. The molecule has 1 atom stereocenters. The second-order valence-electron chi connectivity index (χ2n) is 4.59. The van der Waals surface area contributed by atoms with E-state index in [1.807, 2.05) is 30.3 Å². The number of halogens is 1. The van der Waals surface area contributed by atoms with Gasteiger partial charge in [0.2, 0.25) is 0 Å². The van der Waals surface area contributed by atoms with Crippen molar-refractivity contribution >= 4 is 5.97 Å². The van der Waals surface area contributed by atoms with Crippen LogP contribution >= 0.6 is 0 Å². The van der Waals surface area contributed by atoms with Crippen LogP contribution in [0.15, 0.2) is 54.6 Å². The number of hydrogen-bond acceptors (Lipinski definition) is 2. The molecule has 0 saturated heterocycles. The fourth-order valence-electron chi connectivity index (χ4n) is 1.98. The highest BCUT2D eigenvalue weighted by Crippen LogP contribution is 2.06. The third-order valence-corrected chi connectivity index (χ3v) is 3.02. The molecule has 0 amide bonds. The minimum atomic E-state index is -0.912. The summed E-state index contributed by atoms with van der Waals surface area (Å²) in [5.74, 6) is -1.23. The second-order valence-corrected chi connectivity index (χ2v) is 4.59. The van der Waals surface area contributed by atoms with E-state index in [-0.39, 0.29) is 5.82 Å². The van der Waals surface area contributed by atoms with Gasteiger partial charge in [-0.05, 0) is 29.7 Å². The van der Waals surface area contributed by atoms with E-state index in [2.05, 4.69) is 5.32 Å². The predicted molar refractivity (Wildman–Crippen MR) is 74.8 cm³/mol. The SMILES string of the molecule is O=C(O)C(Cc1ccccc1)NCc1cccc(F)c1. The van der Waals surface area contributed by atoms with Gasteiger partial charge in [-0.3, -0.25) is 4.79 Å². The van der Waals surface area contributed by atoms with Crippen LogP contribution in [0.2, 0.25) is 0 Å². The van der Waals surface area contributed by atoms with Crippen molar-refractivity contribution in [2.45, 2.75) is 19.0 Å². The molecule has 0 bridgehead atoms. The van der Waals surface area contributed by atoms with E-state index in [0.717, 1.165) is 11.1 Å². The number of carboxylic acid groups (broad SMARTS) is 1. The van der Waals surface area contributed by atoms with Gasteiger partial charge in [0.05, 0.1) is 0 Å². The molecule has 0 fully saturated rings. The lowest BCUT2D eigenvalue weighted by Gasteiger charge is -2.14. The quantitative estimate of drug-likeness (QED) is 0.850. The molecule has 0 aromatic heterocycles. The lowest BCUT2D eigenvalue weighted by molar-refractivity contribution is -0.139. The molecule has 4 heteroatoms. The maximum Gasteiger partial charge on any atom is 0.321 e. The van der Waals surface area contributed by atoms with Crippen molar-refractivity contribution < 1.29 is 14.3 Å². The highest BCUT2D eigenvalue weighted by atomic mass is 19.1. The van der Waals surface area contributed by atoms with Gasteiger partial charge in [0.15, 0.2) is 0 Å². The van der Waals surface area contributed by atoms with Gasteiger partial charge in [-0.25, -0.2) is 4.39 Å². The fourth-order valence-corrected chi connectivity index (χ4v) is 1.98. The molecule has 1 unspecified atom stereocenters. The van der Waals surface area contributed by atoms with Crippen molar-refractivity contribution in [2.24, 2.45) is 0 Å². The Morgan fingerprint density at radius 2 is 1.80 bits per heavy atom. The van der Waals surface area contributed by atoms with Crippen LogP contribution in [0.5, 0.6) is 0 Å². The Morgan fingerprint density at radius 1 is 1.10 bits per heavy atom. The zero-order chi connectivity index (χ0) is 14.4. The molecule has 0 heterocycles. The zero-order valence-electron chi connectivity index (χ0n) is 10.9. The molecule has 0 aliphatic carbocycles. The summed E-state index contributed by atoms with van der Waals surface area (Å²) in [7, 11) is 0. The Morgan fingerprint density at radius 3 is 2.45 bits per heavy atom. The van der Waals surface area contributed by atoms with Crippen LogP contribution in [0, 0.1) is 5.82 Å². The van der Waals surface area contributed by atoms with Gasteiger partial charge in [-0.15, -0.1) is 0 Å². The monoisotopic (exact) mass is 273 g/mol. The lowest BCUT2D eigenvalue weighted by atomic mass is 10.1. The molecular weight excluding hydrogens is 257 g/mol. The molecule has 2 aromatic carbocycles. The molecule has 0 aliphatic heterocycles. The van der Waals surface area contributed by atoms with E-state index in [0.29, 0.717) is 13.0 Å². The highest BCUT2D eigenvalue weighted by molar-refractivity contribution is 5.73. The van der Waals surface area contributed by atoms with Crippen LogP contribution in [-0.4, -0.2) is 17.1 Å². The number of benzene rings is 2. The average molecular weight is 273 g/mol. The van der Waals surface area contributed by atoms with Crippen molar-refractivity contribution in [3.05, 3.63) is 71.5 Å². The number of aliphatic carboxylic acids is 1. The Labute approximate surface area is 117 Å². The number of hydrogen-bond donors (Lipinski definition) is 2. The van der Waals surface area contributed by atoms with Crippen LogP contribution in [0.3, 0.4) is 0 Å². The van der Waals surface area contributed by atoms with Crippen molar-refractivity contribution in [1.29, 1.82) is 0 Å². The van der Waals surface area contributed by atoms with Crippen LogP contribution in [0.1, 0.15) is 11.1 Å². The van der Waals surface area contributed by atoms with Crippen LogP contribution in [0.4, 0.5) is 4.39 Å². The van der Waals surface area contributed by atoms with Gasteiger partial charge >= 0.3 is 5.97 Å². The van der Waals surface area contributed by atoms with E-state index in [9.17, 15) is 14.3 Å². The Bertz CT molecular complexity index is 572. The molecule has 0 saturated carbocycles. The molecule has 0 spiro atoms. The number of rotatable bonds is 6. The molecular formula is C16H16FNO2. The lowest BCUT2D eigenvalue weighted by Crippen LogP contribution is -2.38. The third kappa shape index (κ3) is 4.17. The molecule has 0 aliphatic rings. The van der Waals surface area contributed by atoms with Crippen LogP contribution in [0.25, 0.3) is 0 Å². The number of carboxylic acids is 1. The summed E-state index contributed by atoms with van der Waals surface area (Å²) >= 11 is 0. The van der Waals surface area contributed by atoms with Crippen molar-refractivity contribution in [3.8, 4) is 0 Å². The number of nitrogens with one attached hydrogen (secondary N) is 1. The minimum Gasteiger partial charge on any atom is -0.480 e. The fraction of sp³-hybridized carbons (Fsp3) is 0.188. The second kappa shape index (κ2) is 6.82. The van der Waals surface area contributed by atoms with Crippen molar-refractivity contribution in [1.82, 2.24) is 5.32 Å². The number of carbonyl (C=O) groups is 1. The summed E-state index contributed by atoms with van der Waals surface area (Å²) in [6.45, 7) is 0.321. The molecule has 2 rings (SSSR count). The normalized spacial score (nSPS) is 12.1. The molecule has 104 valence electrons. The van der Waals surface area contributed by atoms with E-state index in [4.69, 9.17) is 0 Å². The first-order valence-electron chi connectivity index (χ1n) is 6.40. The molecule has 0 radical (unpaired) electrons. The first-order chi connectivity index (χ1) is 9.65. The summed E-state index contributed by atoms with van der Waals surface area (Å²) in [5.41, 5.74) is 1.68. The van der Waals surface area contributed by atoms with E-state index < -0.39 is 12.0 Å². The van der Waals surface area contributed by atoms with E-state index >= 15 is 0 Å². The maximum absolute atomic E-state index is 13.1. The Hall–Kier alpha value is -2.20. The Kier molecular flexibility index (Phi) is 4.85. The minimum absolute atomic E-state index is 0.320. The van der Waals surface area contributed by atoms with Gasteiger partial charge < -0.3 is 10.4 Å². The summed E-state index contributed by atoms with van der Waals surface area (Å²) in [4.78, 5) is 11.3. The summed E-state index contributed by atoms with van der Waals surface area (Å²) < 4.78 is 13.1. The van der Waals surface area contributed by atoms with Crippen molar-refractivity contribution in [3.63, 3.8) is 0 Å². The first kappa shape index (κ1) is 14.2. The largest absolute Gasteiger partial charge is 0.480 e. The van der Waals surface area contributed by atoms with Gasteiger partial charge in [0.1, 0.15) is 11.9 Å². The molecule has 2 aromatic rings. The molecule has 3 nitrogen and oxygen atoms in total. The summed E-state index contributed by atoms with van der Waals surface area (Å²) in [6, 6.07) is 14.9. The van der Waals surface area contributed by atoms with Crippen LogP contribution < -0.4 is 5.32 Å². The predicted octanol–water partition coefficient (Wildman–Crippen LogP) is 2.61. The highest BCUT2D eigenvalue weighted by Gasteiger charge is 2.17. The van der Waals surface area contributed by atoms with E-state index in [1.54, 1.807) is 12.1 Å². The topological polar surface area (TPSA) is 49.3 Å². The average Bonchev–Trinajstić information content (AvgIpc) is 2.44. The first-order valence-corrected chi connectivity index (χ1v) is 6.40. The zero-order valence-corrected chi connectivity index (χ0v) is 10.9. The van der Waals surface area contributed by atoms with Gasteiger partial charge in [0.25, 0.3) is 0 Å². The standard InChI is InChI=1S/C16H16FNO2/c17-14-8-4-7-13(9-14)11-18-15(16(19)20)10-12-5-2-1-3-6-12/h1-9,15,18H,10-11H2,(H,19,20). The maximum atomic E-state index is 13.1. The summed E-state index contributed by atoms with van der Waals surface area (Å²) in [6.07, 6.45) is 0.394. The molecule has 2 N–H and O–H groups in total. The van der Waals surface area contributed by atoms with Gasteiger partial charge in [0, 0.05) is 6.54 Å². The smallest absolute Gasteiger partial charge is 0.321 e. The van der Waals surface area contributed by atoms with Crippen LogP contribution in [-0.2, 0) is 17.8 Å². The van der Waals surface area contributed by atoms with Gasteiger partial charge in [-0.2, -0.15) is 0 Å². The third-order valence-electron chi connectivity index (χ3n) is 3.02. The van der Waals surface area contributed by atoms with Gasteiger partial charge in [-0.1, -0.05) is 42.5 Å². The van der Waals surface area contributed by atoms with Crippen molar-refractivity contribution in [2.75, 3.05) is 0 Å².